The molecular weight excluding hydrogens is 298 g/mol. The van der Waals surface area contributed by atoms with Crippen molar-refractivity contribution < 1.29 is 19.1 Å². The van der Waals surface area contributed by atoms with E-state index in [2.05, 4.69) is 5.32 Å². The number of para-hydroxylation sites is 2. The number of likely N-dealkylation sites (N-methyl/N-ethyl adjacent to an activating group) is 1. The Morgan fingerprint density at radius 2 is 2.04 bits per heavy atom. The second-order valence-corrected chi connectivity index (χ2v) is 5.39. The first kappa shape index (κ1) is 17.1. The van der Waals surface area contributed by atoms with Crippen molar-refractivity contribution in [1.82, 2.24) is 10.2 Å². The molecule has 1 aromatic rings. The Kier molecular flexibility index (Phi) is 5.81. The van der Waals surface area contributed by atoms with Crippen LogP contribution >= 0.6 is 0 Å². The van der Waals surface area contributed by atoms with E-state index in [1.54, 1.807) is 18.2 Å². The molecule has 0 spiro atoms. The van der Waals surface area contributed by atoms with Gasteiger partial charge in [0.05, 0.1) is 7.11 Å². The Morgan fingerprint density at radius 1 is 1.35 bits per heavy atom. The molecular formula is C16H23N3O4. The van der Waals surface area contributed by atoms with Crippen LogP contribution in [0.15, 0.2) is 24.3 Å². The van der Waals surface area contributed by atoms with Gasteiger partial charge in [0.2, 0.25) is 5.91 Å². The number of carbonyl (C=O) groups is 2. The molecule has 1 heterocycles. The number of benzene rings is 1. The monoisotopic (exact) mass is 321 g/mol. The molecule has 0 bridgehead atoms. The first-order chi connectivity index (χ1) is 11.1. The number of hydrogen-bond acceptors (Lipinski definition) is 5. The number of nitrogens with two attached hydrogens (primary N) is 1. The van der Waals surface area contributed by atoms with E-state index in [1.807, 2.05) is 13.0 Å². The average molecular weight is 321 g/mol. The Labute approximate surface area is 135 Å². The molecule has 1 fully saturated rings. The molecule has 2 amide bonds. The Balaban J connectivity index is 2.00. The molecule has 0 aliphatic carbocycles. The summed E-state index contributed by atoms with van der Waals surface area (Å²) in [5, 5.41) is 2.74. The number of nitrogens with one attached hydrogen (secondary N) is 1. The van der Waals surface area contributed by atoms with Crippen LogP contribution in [-0.4, -0.2) is 55.6 Å². The molecule has 126 valence electrons. The van der Waals surface area contributed by atoms with Gasteiger partial charge in [-0.2, -0.15) is 0 Å². The molecule has 1 aliphatic heterocycles. The standard InChI is InChI=1S/C16H23N3O4/c1-3-18-16(21)12-8-11(17)9-19(12)15(20)10-23-14-7-5-4-6-13(14)22-2/h4-7,11-12H,3,8-10,17H2,1-2H3,(H,18,21)/t11-,12-/m0/s1. The number of nitrogens with zero attached hydrogens (tertiary/aromatic N) is 1. The zero-order chi connectivity index (χ0) is 16.8. The van der Waals surface area contributed by atoms with E-state index in [9.17, 15) is 9.59 Å². The van der Waals surface area contributed by atoms with Gasteiger partial charge in [0, 0.05) is 19.1 Å². The maximum atomic E-state index is 12.4. The van der Waals surface area contributed by atoms with Crippen LogP contribution in [0, 0.1) is 0 Å². The van der Waals surface area contributed by atoms with Crippen molar-refractivity contribution in [3.05, 3.63) is 24.3 Å². The van der Waals surface area contributed by atoms with Gasteiger partial charge in [-0.15, -0.1) is 0 Å². The van der Waals surface area contributed by atoms with Crippen LogP contribution in [0.5, 0.6) is 11.5 Å². The lowest BCUT2D eigenvalue weighted by molar-refractivity contribution is -0.139. The van der Waals surface area contributed by atoms with Crippen LogP contribution in [0.4, 0.5) is 0 Å². The van der Waals surface area contributed by atoms with Crippen molar-refractivity contribution >= 4 is 11.8 Å². The van der Waals surface area contributed by atoms with Gasteiger partial charge < -0.3 is 25.4 Å². The van der Waals surface area contributed by atoms with Gasteiger partial charge in [-0.1, -0.05) is 12.1 Å². The zero-order valence-electron chi connectivity index (χ0n) is 13.5. The molecule has 7 heteroatoms. The van der Waals surface area contributed by atoms with Gasteiger partial charge in [-0.25, -0.2) is 0 Å². The zero-order valence-corrected chi connectivity index (χ0v) is 13.5. The van der Waals surface area contributed by atoms with Crippen molar-refractivity contribution in [2.45, 2.75) is 25.4 Å². The summed E-state index contributed by atoms with van der Waals surface area (Å²) in [6, 6.07) is 6.37. The fourth-order valence-corrected chi connectivity index (χ4v) is 2.65. The lowest BCUT2D eigenvalue weighted by atomic mass is 10.1. The van der Waals surface area contributed by atoms with Crippen molar-refractivity contribution in [3.63, 3.8) is 0 Å². The summed E-state index contributed by atoms with van der Waals surface area (Å²) < 4.78 is 10.7. The van der Waals surface area contributed by atoms with E-state index in [4.69, 9.17) is 15.2 Å². The Hall–Kier alpha value is -2.28. The van der Waals surface area contributed by atoms with Crippen molar-refractivity contribution in [2.75, 3.05) is 26.8 Å². The van der Waals surface area contributed by atoms with E-state index < -0.39 is 6.04 Å². The average Bonchev–Trinajstić information content (AvgIpc) is 2.95. The summed E-state index contributed by atoms with van der Waals surface area (Å²) in [5.74, 6) is 0.603. The largest absolute Gasteiger partial charge is 0.493 e. The molecule has 2 atom stereocenters. The fraction of sp³-hybridized carbons (Fsp3) is 0.500. The molecule has 0 saturated carbocycles. The van der Waals surface area contributed by atoms with Gasteiger partial charge in [-0.05, 0) is 25.5 Å². The van der Waals surface area contributed by atoms with Crippen LogP contribution in [0.1, 0.15) is 13.3 Å². The topological polar surface area (TPSA) is 93.9 Å². The predicted octanol–water partition coefficient (Wildman–Crippen LogP) is 0.138. The summed E-state index contributed by atoms with van der Waals surface area (Å²) in [6.07, 6.45) is 0.465. The third kappa shape index (κ3) is 4.13. The Morgan fingerprint density at radius 3 is 2.70 bits per heavy atom. The highest BCUT2D eigenvalue weighted by Gasteiger charge is 2.37. The molecule has 1 aromatic carbocycles. The molecule has 3 N–H and O–H groups in total. The minimum atomic E-state index is -0.529. The highest BCUT2D eigenvalue weighted by atomic mass is 16.5. The first-order valence-electron chi connectivity index (χ1n) is 7.65. The summed E-state index contributed by atoms with van der Waals surface area (Å²) in [6.45, 7) is 2.55. The molecule has 0 unspecified atom stereocenters. The lowest BCUT2D eigenvalue weighted by Gasteiger charge is -2.23. The van der Waals surface area contributed by atoms with Gasteiger partial charge >= 0.3 is 0 Å². The maximum Gasteiger partial charge on any atom is 0.261 e. The number of amides is 2. The minimum Gasteiger partial charge on any atom is -0.493 e. The number of ether oxygens (including phenoxy) is 2. The Bertz CT molecular complexity index is 564. The van der Waals surface area contributed by atoms with Crippen LogP contribution < -0.4 is 20.5 Å². The summed E-state index contributed by atoms with van der Waals surface area (Å²) >= 11 is 0. The molecule has 2 rings (SSSR count). The number of carbonyl (C=O) groups excluding carboxylic acids is 2. The highest BCUT2D eigenvalue weighted by molar-refractivity contribution is 5.89. The first-order valence-corrected chi connectivity index (χ1v) is 7.65. The van der Waals surface area contributed by atoms with Gasteiger partial charge in [0.25, 0.3) is 5.91 Å². The van der Waals surface area contributed by atoms with Crippen LogP contribution in [-0.2, 0) is 9.59 Å². The van der Waals surface area contributed by atoms with Gasteiger partial charge in [-0.3, -0.25) is 9.59 Å². The number of methoxy groups -OCH3 is 1. The van der Waals surface area contributed by atoms with Crippen LogP contribution in [0.2, 0.25) is 0 Å². The molecule has 23 heavy (non-hydrogen) atoms. The predicted molar refractivity (Wildman–Crippen MR) is 85.3 cm³/mol. The van der Waals surface area contributed by atoms with E-state index in [-0.39, 0.29) is 24.5 Å². The summed E-state index contributed by atoms with van der Waals surface area (Å²) in [4.78, 5) is 26.0. The van der Waals surface area contributed by atoms with Crippen molar-refractivity contribution in [1.29, 1.82) is 0 Å². The van der Waals surface area contributed by atoms with E-state index in [0.29, 0.717) is 31.0 Å². The fourth-order valence-electron chi connectivity index (χ4n) is 2.65. The van der Waals surface area contributed by atoms with E-state index >= 15 is 0 Å². The molecule has 1 saturated heterocycles. The molecule has 0 aromatic heterocycles. The quantitative estimate of drug-likeness (QED) is 0.777. The number of rotatable bonds is 6. The lowest BCUT2D eigenvalue weighted by Crippen LogP contribution is -2.47. The van der Waals surface area contributed by atoms with Crippen LogP contribution in [0.3, 0.4) is 0 Å². The van der Waals surface area contributed by atoms with E-state index in [1.165, 1.54) is 12.0 Å². The number of hydrogen-bond donors (Lipinski definition) is 2. The normalized spacial score (nSPS) is 20.2. The number of likely N-dealkylation sites (tertiary alicyclic amines) is 1. The summed E-state index contributed by atoms with van der Waals surface area (Å²) in [7, 11) is 1.54. The third-order valence-electron chi connectivity index (χ3n) is 3.73. The third-order valence-corrected chi connectivity index (χ3v) is 3.73. The molecule has 1 aliphatic rings. The second-order valence-electron chi connectivity index (χ2n) is 5.39. The van der Waals surface area contributed by atoms with Crippen molar-refractivity contribution in [2.24, 2.45) is 5.73 Å². The molecule has 7 nitrogen and oxygen atoms in total. The van der Waals surface area contributed by atoms with Crippen LogP contribution in [0.25, 0.3) is 0 Å². The second kappa shape index (κ2) is 7.82. The maximum absolute atomic E-state index is 12.4. The van der Waals surface area contributed by atoms with E-state index in [0.717, 1.165) is 0 Å². The van der Waals surface area contributed by atoms with Gasteiger partial charge in [0.1, 0.15) is 6.04 Å². The SMILES string of the molecule is CCNC(=O)[C@@H]1C[C@H](N)CN1C(=O)COc1ccccc1OC. The minimum absolute atomic E-state index is 0.164. The van der Waals surface area contributed by atoms with Gasteiger partial charge in [0.15, 0.2) is 18.1 Å². The van der Waals surface area contributed by atoms with Crippen molar-refractivity contribution in [3.8, 4) is 11.5 Å². The summed E-state index contributed by atoms with van der Waals surface area (Å²) in [5.41, 5.74) is 5.91. The molecule has 0 radical (unpaired) electrons. The smallest absolute Gasteiger partial charge is 0.261 e. The highest BCUT2D eigenvalue weighted by Crippen LogP contribution is 2.26.